The average Bonchev–Trinajstić information content (AvgIpc) is 3.27. The molecule has 4 heteroatoms. The van der Waals surface area contributed by atoms with E-state index in [-0.39, 0.29) is 6.04 Å². The summed E-state index contributed by atoms with van der Waals surface area (Å²) in [6.45, 7) is 0.944. The highest BCUT2D eigenvalue weighted by Gasteiger charge is 2.34. The minimum Gasteiger partial charge on any atom is -0.309 e. The van der Waals surface area contributed by atoms with E-state index in [4.69, 9.17) is 23.2 Å². The van der Waals surface area contributed by atoms with Crippen molar-refractivity contribution in [2.45, 2.75) is 25.3 Å². The van der Waals surface area contributed by atoms with Crippen molar-refractivity contribution in [1.29, 1.82) is 0 Å². The molecule has 2 nitrogen and oxygen atoms in total. The van der Waals surface area contributed by atoms with Gasteiger partial charge in [0.15, 0.2) is 0 Å². The quantitative estimate of drug-likeness (QED) is 0.780. The Labute approximate surface area is 128 Å². The zero-order valence-corrected chi connectivity index (χ0v) is 12.4. The summed E-state index contributed by atoms with van der Waals surface area (Å²) < 4.78 is 0. The van der Waals surface area contributed by atoms with E-state index in [0.717, 1.165) is 41.5 Å². The average molecular weight is 305 g/mol. The van der Waals surface area contributed by atoms with Crippen LogP contribution in [0.4, 0.5) is 0 Å². The SMILES string of the molecule is Clc1c2c(c(Cl)c3c1CCNC3Cc1ccccn1)C2. The monoisotopic (exact) mass is 304 g/mol. The second-order valence-electron chi connectivity index (χ2n) is 5.44. The Morgan fingerprint density at radius 1 is 1.15 bits per heavy atom. The van der Waals surface area contributed by atoms with E-state index in [1.165, 1.54) is 22.3 Å². The summed E-state index contributed by atoms with van der Waals surface area (Å²) in [5.41, 5.74) is 6.02. The number of rotatable bonds is 2. The van der Waals surface area contributed by atoms with Gasteiger partial charge in [0.1, 0.15) is 0 Å². The van der Waals surface area contributed by atoms with Gasteiger partial charge in [0.2, 0.25) is 0 Å². The number of nitrogens with zero attached hydrogens (tertiary/aromatic N) is 1. The number of hydrogen-bond acceptors (Lipinski definition) is 2. The van der Waals surface area contributed by atoms with Gasteiger partial charge in [0.05, 0.1) is 0 Å². The maximum Gasteiger partial charge on any atom is 0.0496 e. The third-order valence-electron chi connectivity index (χ3n) is 4.20. The van der Waals surface area contributed by atoms with Gasteiger partial charge in [0.25, 0.3) is 0 Å². The first-order valence-corrected chi connectivity index (χ1v) is 7.66. The van der Waals surface area contributed by atoms with E-state index in [9.17, 15) is 0 Å². The van der Waals surface area contributed by atoms with Crippen molar-refractivity contribution in [3.63, 3.8) is 0 Å². The van der Waals surface area contributed by atoms with Crippen LogP contribution in [0.25, 0.3) is 0 Å². The van der Waals surface area contributed by atoms with Gasteiger partial charge in [-0.25, -0.2) is 0 Å². The minimum absolute atomic E-state index is 0.213. The third-order valence-corrected chi connectivity index (χ3v) is 5.09. The van der Waals surface area contributed by atoms with Gasteiger partial charge >= 0.3 is 0 Å². The Balaban J connectivity index is 1.76. The smallest absolute Gasteiger partial charge is 0.0496 e. The fraction of sp³-hybridized carbons (Fsp3) is 0.312. The molecule has 0 bridgehead atoms. The van der Waals surface area contributed by atoms with Gasteiger partial charge < -0.3 is 5.32 Å². The Kier molecular flexibility index (Phi) is 2.99. The number of nitrogens with one attached hydrogen (secondary N) is 1. The molecule has 1 unspecified atom stereocenters. The largest absolute Gasteiger partial charge is 0.309 e. The topological polar surface area (TPSA) is 24.9 Å². The third kappa shape index (κ3) is 1.95. The summed E-state index contributed by atoms with van der Waals surface area (Å²) in [7, 11) is 0. The maximum atomic E-state index is 6.58. The molecule has 0 fully saturated rings. The summed E-state index contributed by atoms with van der Waals surface area (Å²) in [5.74, 6) is 0. The van der Waals surface area contributed by atoms with Crippen molar-refractivity contribution >= 4 is 23.2 Å². The molecule has 0 spiro atoms. The summed E-state index contributed by atoms with van der Waals surface area (Å²) >= 11 is 13.1. The Morgan fingerprint density at radius 2 is 2.00 bits per heavy atom. The van der Waals surface area contributed by atoms with Crippen LogP contribution in [0.3, 0.4) is 0 Å². The minimum atomic E-state index is 0.213. The van der Waals surface area contributed by atoms with Crippen LogP contribution in [-0.4, -0.2) is 11.5 Å². The van der Waals surface area contributed by atoms with Gasteiger partial charge in [0, 0.05) is 40.8 Å². The normalized spacial score (nSPS) is 19.4. The predicted octanol–water partition coefficient (Wildman–Crippen LogP) is 3.72. The van der Waals surface area contributed by atoms with Crippen molar-refractivity contribution < 1.29 is 0 Å². The van der Waals surface area contributed by atoms with Crippen LogP contribution in [0.15, 0.2) is 24.4 Å². The molecule has 1 N–H and O–H groups in total. The van der Waals surface area contributed by atoms with Crippen LogP contribution < -0.4 is 5.32 Å². The molecule has 0 saturated heterocycles. The molecule has 0 amide bonds. The lowest BCUT2D eigenvalue weighted by molar-refractivity contribution is 0.499. The van der Waals surface area contributed by atoms with Crippen LogP contribution in [0.5, 0.6) is 0 Å². The highest BCUT2D eigenvalue weighted by Crippen LogP contribution is 2.48. The van der Waals surface area contributed by atoms with E-state index in [1.54, 1.807) is 0 Å². The van der Waals surface area contributed by atoms with Crippen molar-refractivity contribution in [2.75, 3.05) is 6.54 Å². The summed E-state index contributed by atoms with van der Waals surface area (Å²) in [6, 6.07) is 6.23. The van der Waals surface area contributed by atoms with E-state index >= 15 is 0 Å². The van der Waals surface area contributed by atoms with E-state index in [0.29, 0.717) is 0 Å². The van der Waals surface area contributed by atoms with Crippen molar-refractivity contribution in [3.05, 3.63) is 62.4 Å². The molecule has 4 rings (SSSR count). The van der Waals surface area contributed by atoms with Gasteiger partial charge in [-0.3, -0.25) is 4.98 Å². The summed E-state index contributed by atoms with van der Waals surface area (Å²) in [5, 5.41) is 5.43. The molecule has 0 saturated carbocycles. The zero-order chi connectivity index (χ0) is 13.7. The molecule has 1 atom stereocenters. The molecule has 2 aliphatic rings. The molecule has 2 aromatic rings. The zero-order valence-electron chi connectivity index (χ0n) is 10.9. The lowest BCUT2D eigenvalue weighted by Gasteiger charge is -2.28. The van der Waals surface area contributed by atoms with E-state index in [2.05, 4.69) is 16.4 Å². The van der Waals surface area contributed by atoms with Crippen molar-refractivity contribution in [2.24, 2.45) is 0 Å². The number of hydrogen-bond donors (Lipinski definition) is 1. The van der Waals surface area contributed by atoms with Crippen LogP contribution >= 0.6 is 23.2 Å². The molecule has 1 aliphatic carbocycles. The van der Waals surface area contributed by atoms with Crippen LogP contribution in [0.2, 0.25) is 10.0 Å². The van der Waals surface area contributed by atoms with Crippen LogP contribution in [0, 0.1) is 0 Å². The van der Waals surface area contributed by atoms with Crippen LogP contribution in [0.1, 0.15) is 34.0 Å². The first-order valence-electron chi connectivity index (χ1n) is 6.90. The molecule has 1 aromatic heterocycles. The molecule has 1 aromatic carbocycles. The number of aromatic nitrogens is 1. The van der Waals surface area contributed by atoms with Gasteiger partial charge in [-0.1, -0.05) is 29.3 Å². The lowest BCUT2D eigenvalue weighted by atomic mass is 9.91. The van der Waals surface area contributed by atoms with E-state index < -0.39 is 0 Å². The summed E-state index contributed by atoms with van der Waals surface area (Å²) in [4.78, 5) is 4.42. The second kappa shape index (κ2) is 4.73. The number of halogens is 2. The fourth-order valence-corrected chi connectivity index (χ4v) is 3.94. The van der Waals surface area contributed by atoms with Gasteiger partial charge in [-0.05, 0) is 47.4 Å². The fourth-order valence-electron chi connectivity index (χ4n) is 3.13. The highest BCUT2D eigenvalue weighted by molar-refractivity contribution is 6.36. The van der Waals surface area contributed by atoms with Crippen LogP contribution in [-0.2, 0) is 19.3 Å². The molecule has 102 valence electrons. The maximum absolute atomic E-state index is 6.58. The lowest BCUT2D eigenvalue weighted by Crippen LogP contribution is -2.32. The molecule has 1 aliphatic heterocycles. The standard InChI is InChI=1S/C16H14Cl2N2/c17-15-10-4-6-20-13(7-9-3-1-2-5-19-9)14(10)16(18)12-8-11(12)15/h1-3,5,13,20H,4,6-8H2. The number of benzene rings is 1. The van der Waals surface area contributed by atoms with Crippen molar-refractivity contribution in [3.8, 4) is 0 Å². The molecule has 0 radical (unpaired) electrons. The first kappa shape index (κ1) is 12.6. The molecular weight excluding hydrogens is 291 g/mol. The molecular formula is C16H14Cl2N2. The number of pyridine rings is 1. The van der Waals surface area contributed by atoms with E-state index in [1.807, 2.05) is 18.3 Å². The number of fused-ring (bicyclic) bond motifs is 2. The van der Waals surface area contributed by atoms with Gasteiger partial charge in [-0.15, -0.1) is 0 Å². The second-order valence-corrected chi connectivity index (χ2v) is 6.19. The molecule has 20 heavy (non-hydrogen) atoms. The highest BCUT2D eigenvalue weighted by atomic mass is 35.5. The summed E-state index contributed by atoms with van der Waals surface area (Å²) in [6.07, 6.45) is 4.60. The first-order chi connectivity index (χ1) is 9.75. The Hall–Kier alpha value is -1.09. The predicted molar refractivity (Wildman–Crippen MR) is 81.7 cm³/mol. The van der Waals surface area contributed by atoms with Crippen molar-refractivity contribution in [1.82, 2.24) is 10.3 Å². The van der Waals surface area contributed by atoms with Gasteiger partial charge in [-0.2, -0.15) is 0 Å². The Bertz CT molecular complexity index is 683. The molecule has 2 heterocycles. The Morgan fingerprint density at radius 3 is 2.80 bits per heavy atom.